The Bertz CT molecular complexity index is 1170. The maximum Gasteiger partial charge on any atom is 0.475 e. The molecule has 8 nitrogen and oxygen atoms in total. The van der Waals surface area contributed by atoms with Gasteiger partial charge in [-0.25, -0.2) is 8.96 Å². The zero-order valence-electron chi connectivity index (χ0n) is 19.2. The molecule has 3 rings (SSSR count). The van der Waals surface area contributed by atoms with Crippen LogP contribution in [0.2, 0.25) is 0 Å². The van der Waals surface area contributed by atoms with Crippen LogP contribution in [0.5, 0.6) is 0 Å². The monoisotopic (exact) mass is 487 g/mol. The van der Waals surface area contributed by atoms with Crippen molar-refractivity contribution in [1.29, 1.82) is 0 Å². The van der Waals surface area contributed by atoms with Gasteiger partial charge in [0, 0.05) is 29.9 Å². The fourth-order valence-electron chi connectivity index (χ4n) is 3.15. The van der Waals surface area contributed by atoms with Crippen LogP contribution in [0.4, 0.5) is 10.1 Å². The lowest BCUT2D eigenvalue weighted by atomic mass is 10.1. The molecular weight excluding hydrogens is 460 g/mol. The molecule has 10 heteroatoms. The number of phosphoric ester groups is 1. The Hall–Kier alpha value is -3.10. The highest BCUT2D eigenvalue weighted by Crippen LogP contribution is 2.49. The molecule has 0 radical (unpaired) electrons. The van der Waals surface area contributed by atoms with Crippen molar-refractivity contribution in [3.63, 3.8) is 0 Å². The quantitative estimate of drug-likeness (QED) is 0.281. The van der Waals surface area contributed by atoms with Crippen molar-refractivity contribution < 1.29 is 27.3 Å². The molecular formula is C24H27FN3O5P. The number of hydrogen-bond donors (Lipinski definition) is 1. The molecule has 0 aliphatic carbocycles. The average molecular weight is 487 g/mol. The summed E-state index contributed by atoms with van der Waals surface area (Å²) in [6.45, 7) is 3.87. The predicted octanol–water partition coefficient (Wildman–Crippen LogP) is 5.58. The minimum absolute atomic E-state index is 0.0403. The van der Waals surface area contributed by atoms with Crippen LogP contribution in [0, 0.1) is 5.82 Å². The number of halogens is 1. The highest BCUT2D eigenvalue weighted by atomic mass is 31.2. The number of phosphoric acid groups is 1. The Kier molecular flexibility index (Phi) is 8.90. The summed E-state index contributed by atoms with van der Waals surface area (Å²) in [7, 11) is -1.81. The Labute approximate surface area is 198 Å². The number of rotatable bonds is 11. The fraction of sp³-hybridized carbons (Fsp3) is 0.250. The number of hydrogen-bond acceptors (Lipinski definition) is 6. The first kappa shape index (κ1) is 25.5. The van der Waals surface area contributed by atoms with E-state index in [0.29, 0.717) is 5.69 Å². The summed E-state index contributed by atoms with van der Waals surface area (Å²) in [6, 6.07) is 13.0. The van der Waals surface area contributed by atoms with Gasteiger partial charge in [-0.15, -0.1) is 0 Å². The number of anilines is 1. The van der Waals surface area contributed by atoms with Crippen molar-refractivity contribution in [2.24, 2.45) is 7.05 Å². The maximum atomic E-state index is 13.3. The molecule has 1 N–H and O–H groups in total. The first-order valence-electron chi connectivity index (χ1n) is 10.7. The third-order valence-corrected chi connectivity index (χ3v) is 6.28. The molecule has 0 atom stereocenters. The van der Waals surface area contributed by atoms with Crippen molar-refractivity contribution in [1.82, 2.24) is 9.78 Å². The number of aromatic nitrogens is 2. The van der Waals surface area contributed by atoms with Gasteiger partial charge in [-0.05, 0) is 61.9 Å². The van der Waals surface area contributed by atoms with E-state index in [2.05, 4.69) is 10.4 Å². The second-order valence-electron chi connectivity index (χ2n) is 7.15. The van der Waals surface area contributed by atoms with E-state index in [1.807, 2.05) is 0 Å². The van der Waals surface area contributed by atoms with E-state index < -0.39 is 7.82 Å². The number of carbonyl (C=O) groups excluding carboxylic acids is 1. The van der Waals surface area contributed by atoms with Gasteiger partial charge in [0.1, 0.15) is 5.82 Å². The summed E-state index contributed by atoms with van der Waals surface area (Å²) in [5.41, 5.74) is 3.61. The van der Waals surface area contributed by atoms with Crippen LogP contribution in [0.25, 0.3) is 17.3 Å². The third kappa shape index (κ3) is 6.95. The van der Waals surface area contributed by atoms with Gasteiger partial charge in [0.2, 0.25) is 5.91 Å². The van der Waals surface area contributed by atoms with Crippen LogP contribution < -0.4 is 5.32 Å². The highest BCUT2D eigenvalue weighted by Gasteiger charge is 2.25. The van der Waals surface area contributed by atoms with Gasteiger partial charge >= 0.3 is 7.82 Å². The molecule has 0 fully saturated rings. The standard InChI is InChI=1S/C24H27FN3O5P/c1-4-31-34(30,32-5-2)33-17-18-6-13-22(14-7-18)27-23(29)15-10-20-16-26-28(3)24(20)19-8-11-21(25)12-9-19/h6-16H,4-5,17H2,1-3H3,(H,27,29). The zero-order chi connectivity index (χ0) is 24.6. The summed E-state index contributed by atoms with van der Waals surface area (Å²) in [4.78, 5) is 12.4. The maximum absolute atomic E-state index is 13.3. The third-order valence-electron chi connectivity index (χ3n) is 4.68. The van der Waals surface area contributed by atoms with Crippen LogP contribution in [-0.2, 0) is 36.6 Å². The zero-order valence-corrected chi connectivity index (χ0v) is 20.1. The molecule has 2 aromatic carbocycles. The molecule has 1 aromatic heterocycles. The van der Waals surface area contributed by atoms with Crippen molar-refractivity contribution >= 4 is 25.5 Å². The summed E-state index contributed by atoms with van der Waals surface area (Å²) >= 11 is 0. The van der Waals surface area contributed by atoms with Crippen LogP contribution in [0.3, 0.4) is 0 Å². The molecule has 0 saturated carbocycles. The molecule has 1 heterocycles. The lowest BCUT2D eigenvalue weighted by Gasteiger charge is -2.16. The Morgan fingerprint density at radius 1 is 1.06 bits per heavy atom. The van der Waals surface area contributed by atoms with Gasteiger partial charge in [0.25, 0.3) is 0 Å². The normalized spacial score (nSPS) is 11.8. The van der Waals surface area contributed by atoms with Crippen LogP contribution in [0.15, 0.2) is 60.8 Å². The number of aryl methyl sites for hydroxylation is 1. The number of benzene rings is 2. The van der Waals surface area contributed by atoms with Gasteiger partial charge in [-0.2, -0.15) is 5.10 Å². The van der Waals surface area contributed by atoms with Gasteiger partial charge in [-0.1, -0.05) is 12.1 Å². The molecule has 0 aliphatic rings. The van der Waals surface area contributed by atoms with Gasteiger partial charge in [0.05, 0.1) is 31.7 Å². The molecule has 0 unspecified atom stereocenters. The van der Waals surface area contributed by atoms with Crippen molar-refractivity contribution in [3.05, 3.63) is 77.7 Å². The molecule has 3 aromatic rings. The fourth-order valence-corrected chi connectivity index (χ4v) is 4.32. The first-order chi connectivity index (χ1) is 16.3. The lowest BCUT2D eigenvalue weighted by molar-refractivity contribution is -0.111. The van der Waals surface area contributed by atoms with Gasteiger partial charge in [0.15, 0.2) is 0 Å². The SMILES string of the molecule is CCOP(=O)(OCC)OCc1ccc(NC(=O)C=Cc2cnn(C)c2-c2ccc(F)cc2)cc1. The summed E-state index contributed by atoms with van der Waals surface area (Å²) in [5, 5.41) is 7.01. The largest absolute Gasteiger partial charge is 0.475 e. The molecule has 0 spiro atoms. The number of nitrogens with one attached hydrogen (secondary N) is 1. The number of amides is 1. The Morgan fingerprint density at radius 2 is 1.71 bits per heavy atom. The number of nitrogens with zero attached hydrogens (tertiary/aromatic N) is 2. The van der Waals surface area contributed by atoms with E-state index in [1.54, 1.807) is 74.2 Å². The van der Waals surface area contributed by atoms with Gasteiger partial charge < -0.3 is 5.32 Å². The molecule has 0 saturated heterocycles. The van der Waals surface area contributed by atoms with Crippen LogP contribution >= 0.6 is 7.82 Å². The summed E-state index contributed by atoms with van der Waals surface area (Å²) in [6.07, 6.45) is 4.70. The van der Waals surface area contributed by atoms with E-state index in [4.69, 9.17) is 13.6 Å². The van der Waals surface area contributed by atoms with Crippen molar-refractivity contribution in [3.8, 4) is 11.3 Å². The Morgan fingerprint density at radius 3 is 2.32 bits per heavy atom. The molecule has 1 amide bonds. The topological polar surface area (TPSA) is 91.7 Å². The smallest absolute Gasteiger partial charge is 0.323 e. The van der Waals surface area contributed by atoms with Crippen LogP contribution in [0.1, 0.15) is 25.0 Å². The van der Waals surface area contributed by atoms with Crippen molar-refractivity contribution in [2.45, 2.75) is 20.5 Å². The predicted molar refractivity (Wildman–Crippen MR) is 128 cm³/mol. The molecule has 34 heavy (non-hydrogen) atoms. The van der Waals surface area contributed by atoms with Crippen LogP contribution in [-0.4, -0.2) is 28.9 Å². The molecule has 180 valence electrons. The lowest BCUT2D eigenvalue weighted by Crippen LogP contribution is -2.07. The van der Waals surface area contributed by atoms with Crippen molar-refractivity contribution in [2.75, 3.05) is 18.5 Å². The summed E-state index contributed by atoms with van der Waals surface area (Å²) in [5.74, 6) is -0.646. The first-order valence-corrected chi connectivity index (χ1v) is 12.2. The van der Waals surface area contributed by atoms with E-state index in [9.17, 15) is 13.8 Å². The second-order valence-corrected chi connectivity index (χ2v) is 8.82. The average Bonchev–Trinajstić information content (AvgIpc) is 3.18. The second kappa shape index (κ2) is 11.9. The number of carbonyl (C=O) groups is 1. The summed E-state index contributed by atoms with van der Waals surface area (Å²) < 4.78 is 42.8. The molecule has 0 bridgehead atoms. The Balaban J connectivity index is 1.61. The minimum atomic E-state index is -3.59. The van der Waals surface area contributed by atoms with E-state index in [-0.39, 0.29) is 31.5 Å². The van der Waals surface area contributed by atoms with E-state index in [1.165, 1.54) is 18.2 Å². The van der Waals surface area contributed by atoms with Gasteiger partial charge in [-0.3, -0.25) is 23.0 Å². The minimum Gasteiger partial charge on any atom is -0.323 e. The molecule has 0 aliphatic heterocycles. The highest BCUT2D eigenvalue weighted by molar-refractivity contribution is 7.48. The van der Waals surface area contributed by atoms with E-state index >= 15 is 0 Å². The van der Waals surface area contributed by atoms with E-state index in [0.717, 1.165) is 22.4 Å².